The number of nitrogens with two attached hydrogens (primary N) is 1. The van der Waals surface area contributed by atoms with Gasteiger partial charge in [0, 0.05) is 25.3 Å². The maximum atomic E-state index is 12.5. The summed E-state index contributed by atoms with van der Waals surface area (Å²) >= 11 is 0. The third-order valence-electron chi connectivity index (χ3n) is 4.07. The number of morpholine rings is 1. The fourth-order valence-electron chi connectivity index (χ4n) is 2.68. The molecule has 1 aliphatic rings. The molecule has 1 aliphatic heterocycles. The van der Waals surface area contributed by atoms with E-state index in [1.54, 1.807) is 11.0 Å². The van der Waals surface area contributed by atoms with E-state index in [-0.39, 0.29) is 17.9 Å². The second-order valence-corrected chi connectivity index (χ2v) is 6.38. The SMILES string of the molecule is CC(C)c1nnc(CCC(=O)N2CCO[C@@H](c3cccc(N)n3)C2)o1. The number of aromatic nitrogens is 3. The average Bonchev–Trinajstić information content (AvgIpc) is 3.09. The summed E-state index contributed by atoms with van der Waals surface area (Å²) in [6.45, 7) is 5.49. The standard InChI is InChI=1S/C17H23N5O3/c1-11(2)17-21-20-15(25-17)6-7-16(23)22-8-9-24-13(10-22)12-4-3-5-14(18)19-12/h3-5,11,13H,6-10H2,1-2H3,(H2,18,19)/t13-/m1/s1. The summed E-state index contributed by atoms with van der Waals surface area (Å²) in [4.78, 5) is 18.6. The van der Waals surface area contributed by atoms with Gasteiger partial charge in [0.15, 0.2) is 0 Å². The van der Waals surface area contributed by atoms with Crippen molar-refractivity contribution < 1.29 is 13.9 Å². The van der Waals surface area contributed by atoms with E-state index in [0.29, 0.717) is 50.1 Å². The first kappa shape index (κ1) is 17.3. The molecular weight excluding hydrogens is 322 g/mol. The Morgan fingerprint density at radius 1 is 1.40 bits per heavy atom. The van der Waals surface area contributed by atoms with Gasteiger partial charge in [0.25, 0.3) is 0 Å². The summed E-state index contributed by atoms with van der Waals surface area (Å²) in [5.41, 5.74) is 6.47. The lowest BCUT2D eigenvalue weighted by atomic mass is 10.1. The summed E-state index contributed by atoms with van der Waals surface area (Å²) in [5, 5.41) is 7.98. The first-order valence-corrected chi connectivity index (χ1v) is 8.47. The maximum absolute atomic E-state index is 12.5. The highest BCUT2D eigenvalue weighted by molar-refractivity contribution is 5.76. The molecule has 2 N–H and O–H groups in total. The zero-order chi connectivity index (χ0) is 17.8. The maximum Gasteiger partial charge on any atom is 0.223 e. The van der Waals surface area contributed by atoms with Crippen LogP contribution in [0.3, 0.4) is 0 Å². The van der Waals surface area contributed by atoms with Crippen LogP contribution in [0.2, 0.25) is 0 Å². The lowest BCUT2D eigenvalue weighted by molar-refractivity contribution is -0.139. The Bertz CT molecular complexity index is 731. The van der Waals surface area contributed by atoms with Gasteiger partial charge in [-0.05, 0) is 12.1 Å². The fraction of sp³-hybridized carbons (Fsp3) is 0.529. The largest absolute Gasteiger partial charge is 0.425 e. The molecule has 1 saturated heterocycles. The Morgan fingerprint density at radius 3 is 2.96 bits per heavy atom. The number of carbonyl (C=O) groups is 1. The average molecular weight is 345 g/mol. The quantitative estimate of drug-likeness (QED) is 0.878. The zero-order valence-corrected chi connectivity index (χ0v) is 14.5. The number of rotatable bonds is 5. The van der Waals surface area contributed by atoms with Crippen molar-refractivity contribution in [3.05, 3.63) is 35.7 Å². The van der Waals surface area contributed by atoms with Crippen molar-refractivity contribution >= 4 is 11.7 Å². The molecule has 3 rings (SSSR count). The molecule has 0 aliphatic carbocycles. The molecule has 1 amide bonds. The van der Waals surface area contributed by atoms with E-state index in [4.69, 9.17) is 14.9 Å². The van der Waals surface area contributed by atoms with Crippen LogP contribution >= 0.6 is 0 Å². The number of hydrogen-bond acceptors (Lipinski definition) is 7. The zero-order valence-electron chi connectivity index (χ0n) is 14.5. The highest BCUT2D eigenvalue weighted by atomic mass is 16.5. The lowest BCUT2D eigenvalue weighted by Crippen LogP contribution is -2.42. The van der Waals surface area contributed by atoms with Gasteiger partial charge >= 0.3 is 0 Å². The van der Waals surface area contributed by atoms with Crippen LogP contribution in [0, 0.1) is 0 Å². The molecule has 0 unspecified atom stereocenters. The van der Waals surface area contributed by atoms with Gasteiger partial charge in [0.05, 0.1) is 18.8 Å². The summed E-state index contributed by atoms with van der Waals surface area (Å²) in [6.07, 6.45) is 0.519. The van der Waals surface area contributed by atoms with Crippen molar-refractivity contribution in [3.63, 3.8) is 0 Å². The number of nitrogen functional groups attached to an aromatic ring is 1. The Labute approximate surface area is 146 Å². The molecule has 2 aromatic heterocycles. The molecule has 8 heteroatoms. The Hall–Kier alpha value is -2.48. The van der Waals surface area contributed by atoms with Crippen LogP contribution in [-0.4, -0.2) is 45.7 Å². The van der Waals surface area contributed by atoms with E-state index in [0.717, 1.165) is 5.69 Å². The number of amides is 1. The molecule has 0 spiro atoms. The second kappa shape index (κ2) is 7.60. The van der Waals surface area contributed by atoms with Gasteiger partial charge in [-0.3, -0.25) is 4.79 Å². The van der Waals surface area contributed by atoms with E-state index in [2.05, 4.69) is 15.2 Å². The first-order chi connectivity index (χ1) is 12.0. The van der Waals surface area contributed by atoms with Gasteiger partial charge in [-0.25, -0.2) is 4.98 Å². The van der Waals surface area contributed by atoms with Crippen LogP contribution in [0.25, 0.3) is 0 Å². The van der Waals surface area contributed by atoms with Crippen molar-refractivity contribution in [1.29, 1.82) is 0 Å². The molecular formula is C17H23N5O3. The van der Waals surface area contributed by atoms with E-state index in [1.165, 1.54) is 0 Å². The van der Waals surface area contributed by atoms with Gasteiger partial charge in [-0.15, -0.1) is 10.2 Å². The van der Waals surface area contributed by atoms with Crippen LogP contribution in [0.4, 0.5) is 5.82 Å². The van der Waals surface area contributed by atoms with Crippen LogP contribution in [0.1, 0.15) is 49.8 Å². The van der Waals surface area contributed by atoms with Gasteiger partial charge in [0.1, 0.15) is 11.9 Å². The minimum absolute atomic E-state index is 0.0431. The molecule has 2 aromatic rings. The van der Waals surface area contributed by atoms with Gasteiger partial charge < -0.3 is 19.8 Å². The number of pyridine rings is 1. The van der Waals surface area contributed by atoms with Crippen molar-refractivity contribution in [1.82, 2.24) is 20.1 Å². The summed E-state index contributed by atoms with van der Waals surface area (Å²) in [6, 6.07) is 5.43. The monoisotopic (exact) mass is 345 g/mol. The van der Waals surface area contributed by atoms with Crippen LogP contribution in [0.15, 0.2) is 22.6 Å². The molecule has 1 fully saturated rings. The van der Waals surface area contributed by atoms with Crippen molar-refractivity contribution in [3.8, 4) is 0 Å². The van der Waals surface area contributed by atoms with Crippen molar-refractivity contribution in [2.75, 3.05) is 25.4 Å². The highest BCUT2D eigenvalue weighted by Crippen LogP contribution is 2.22. The summed E-state index contributed by atoms with van der Waals surface area (Å²) in [5.74, 6) is 1.77. The highest BCUT2D eigenvalue weighted by Gasteiger charge is 2.26. The van der Waals surface area contributed by atoms with E-state index < -0.39 is 0 Å². The predicted octanol–water partition coefficient (Wildman–Crippen LogP) is 1.70. The summed E-state index contributed by atoms with van der Waals surface area (Å²) < 4.78 is 11.3. The smallest absolute Gasteiger partial charge is 0.223 e. The normalized spacial score (nSPS) is 17.9. The van der Waals surface area contributed by atoms with Crippen LogP contribution < -0.4 is 5.73 Å². The molecule has 0 aromatic carbocycles. The number of carbonyl (C=O) groups excluding carboxylic acids is 1. The van der Waals surface area contributed by atoms with E-state index in [9.17, 15) is 4.79 Å². The first-order valence-electron chi connectivity index (χ1n) is 8.47. The van der Waals surface area contributed by atoms with Crippen molar-refractivity contribution in [2.24, 2.45) is 0 Å². The molecule has 25 heavy (non-hydrogen) atoms. The van der Waals surface area contributed by atoms with Crippen LogP contribution in [-0.2, 0) is 16.0 Å². The lowest BCUT2D eigenvalue weighted by Gasteiger charge is -2.32. The number of nitrogens with zero attached hydrogens (tertiary/aromatic N) is 4. The van der Waals surface area contributed by atoms with E-state index in [1.807, 2.05) is 26.0 Å². The Kier molecular flexibility index (Phi) is 5.28. The third-order valence-corrected chi connectivity index (χ3v) is 4.07. The number of ether oxygens (including phenoxy) is 1. The van der Waals surface area contributed by atoms with Crippen molar-refractivity contribution in [2.45, 2.75) is 38.7 Å². The molecule has 0 bridgehead atoms. The fourth-order valence-corrected chi connectivity index (χ4v) is 2.68. The van der Waals surface area contributed by atoms with Gasteiger partial charge in [-0.2, -0.15) is 0 Å². The van der Waals surface area contributed by atoms with E-state index >= 15 is 0 Å². The topological polar surface area (TPSA) is 107 Å². The number of anilines is 1. The second-order valence-electron chi connectivity index (χ2n) is 6.38. The molecule has 8 nitrogen and oxygen atoms in total. The molecule has 3 heterocycles. The molecule has 0 saturated carbocycles. The molecule has 134 valence electrons. The summed E-state index contributed by atoms with van der Waals surface area (Å²) in [7, 11) is 0. The number of hydrogen-bond donors (Lipinski definition) is 1. The minimum atomic E-state index is -0.253. The number of aryl methyl sites for hydroxylation is 1. The van der Waals surface area contributed by atoms with Crippen LogP contribution in [0.5, 0.6) is 0 Å². The molecule has 0 radical (unpaired) electrons. The van der Waals surface area contributed by atoms with Gasteiger partial charge in [0.2, 0.25) is 17.7 Å². The van der Waals surface area contributed by atoms with Gasteiger partial charge in [-0.1, -0.05) is 19.9 Å². The molecule has 1 atom stereocenters. The predicted molar refractivity (Wildman–Crippen MR) is 90.6 cm³/mol. The Morgan fingerprint density at radius 2 is 2.24 bits per heavy atom. The Balaban J connectivity index is 1.56. The third kappa shape index (κ3) is 4.33. The minimum Gasteiger partial charge on any atom is -0.425 e.